The summed E-state index contributed by atoms with van der Waals surface area (Å²) in [5, 5.41) is 0. The number of alkyl halides is 6. The van der Waals surface area contributed by atoms with Crippen LogP contribution < -0.4 is 4.74 Å². The number of halogens is 6. The highest BCUT2D eigenvalue weighted by Gasteiger charge is 2.37. The molecule has 3 rings (SSSR count). The van der Waals surface area contributed by atoms with E-state index in [-0.39, 0.29) is 30.0 Å². The predicted octanol–water partition coefficient (Wildman–Crippen LogP) is 6.27. The maximum absolute atomic E-state index is 13.0. The van der Waals surface area contributed by atoms with E-state index in [1.807, 2.05) is 0 Å². The van der Waals surface area contributed by atoms with E-state index in [0.29, 0.717) is 17.9 Å². The van der Waals surface area contributed by atoms with Gasteiger partial charge >= 0.3 is 12.4 Å². The molecule has 0 aliphatic carbocycles. The van der Waals surface area contributed by atoms with Gasteiger partial charge in [0.15, 0.2) is 0 Å². The molecule has 0 saturated heterocycles. The predicted molar refractivity (Wildman–Crippen MR) is 87.5 cm³/mol. The molecule has 28 heavy (non-hydrogen) atoms. The minimum atomic E-state index is -4.95. The van der Waals surface area contributed by atoms with E-state index < -0.39 is 29.0 Å². The Morgan fingerprint density at radius 3 is 2.00 bits per heavy atom. The van der Waals surface area contributed by atoms with Gasteiger partial charge in [-0.3, -0.25) is 0 Å². The van der Waals surface area contributed by atoms with Crippen molar-refractivity contribution in [3.8, 4) is 17.2 Å². The Bertz CT molecular complexity index is 929. The summed E-state index contributed by atoms with van der Waals surface area (Å²) in [6, 6.07) is 9.87. The summed E-state index contributed by atoms with van der Waals surface area (Å²) in [7, 11) is 0. The SMILES string of the molecule is Cc1oc(-c2cc(C(F)(F)F)cc(C(F)(F)F)c2)nc1COc1ccccc1. The molecule has 1 aromatic heterocycles. The minimum absolute atomic E-state index is 0.0512. The van der Waals surface area contributed by atoms with E-state index in [4.69, 9.17) is 9.15 Å². The molecule has 0 saturated carbocycles. The Kier molecular flexibility index (Phi) is 5.10. The van der Waals surface area contributed by atoms with Crippen LogP contribution in [0, 0.1) is 6.92 Å². The molecule has 3 nitrogen and oxygen atoms in total. The summed E-state index contributed by atoms with van der Waals surface area (Å²) in [6.07, 6.45) is -9.90. The molecule has 0 fully saturated rings. The van der Waals surface area contributed by atoms with Gasteiger partial charge in [-0.05, 0) is 37.3 Å². The maximum atomic E-state index is 13.0. The van der Waals surface area contributed by atoms with Crippen molar-refractivity contribution >= 4 is 0 Å². The third-order valence-corrected chi connectivity index (χ3v) is 3.85. The first-order valence-corrected chi connectivity index (χ1v) is 7.98. The Balaban J connectivity index is 1.95. The smallest absolute Gasteiger partial charge is 0.416 e. The van der Waals surface area contributed by atoms with Crippen molar-refractivity contribution in [1.82, 2.24) is 4.98 Å². The lowest BCUT2D eigenvalue weighted by Gasteiger charge is -2.13. The summed E-state index contributed by atoms with van der Waals surface area (Å²) in [5.74, 6) is 0.419. The molecule has 0 amide bonds. The molecule has 3 aromatic rings. The Morgan fingerprint density at radius 2 is 1.46 bits per heavy atom. The first kappa shape index (κ1) is 19.8. The van der Waals surface area contributed by atoms with Gasteiger partial charge in [0.2, 0.25) is 5.89 Å². The fraction of sp³-hybridized carbons (Fsp3) is 0.211. The number of para-hydroxylation sites is 1. The van der Waals surface area contributed by atoms with Crippen LogP contribution in [-0.2, 0) is 19.0 Å². The van der Waals surface area contributed by atoms with E-state index >= 15 is 0 Å². The van der Waals surface area contributed by atoms with Crippen molar-refractivity contribution in [3.05, 3.63) is 71.1 Å². The Hall–Kier alpha value is -2.97. The topological polar surface area (TPSA) is 35.3 Å². The monoisotopic (exact) mass is 401 g/mol. The van der Waals surface area contributed by atoms with Gasteiger partial charge in [-0.1, -0.05) is 18.2 Å². The van der Waals surface area contributed by atoms with Crippen molar-refractivity contribution < 1.29 is 35.5 Å². The molecule has 148 valence electrons. The molecule has 0 aliphatic rings. The second-order valence-electron chi connectivity index (χ2n) is 5.92. The lowest BCUT2D eigenvalue weighted by Crippen LogP contribution is -2.11. The molecule has 0 unspecified atom stereocenters. The third-order valence-electron chi connectivity index (χ3n) is 3.85. The van der Waals surface area contributed by atoms with E-state index in [9.17, 15) is 26.3 Å². The number of hydrogen-bond donors (Lipinski definition) is 0. The van der Waals surface area contributed by atoms with Crippen molar-refractivity contribution in [2.75, 3.05) is 0 Å². The highest BCUT2D eigenvalue weighted by molar-refractivity contribution is 5.57. The highest BCUT2D eigenvalue weighted by atomic mass is 19.4. The van der Waals surface area contributed by atoms with E-state index in [0.717, 1.165) is 0 Å². The van der Waals surface area contributed by atoms with Crippen LogP contribution in [-0.4, -0.2) is 4.98 Å². The first-order chi connectivity index (χ1) is 13.0. The molecular weight excluding hydrogens is 388 g/mol. The zero-order valence-electron chi connectivity index (χ0n) is 14.4. The minimum Gasteiger partial charge on any atom is -0.487 e. The molecule has 1 heterocycles. The van der Waals surface area contributed by atoms with Crippen LogP contribution in [0.5, 0.6) is 5.75 Å². The molecule has 0 atom stereocenters. The number of nitrogens with zero attached hydrogens (tertiary/aromatic N) is 1. The van der Waals surface area contributed by atoms with Crippen LogP contribution in [0.4, 0.5) is 26.3 Å². The van der Waals surface area contributed by atoms with Gasteiger partial charge in [0.05, 0.1) is 11.1 Å². The molecule has 0 N–H and O–H groups in total. The summed E-state index contributed by atoms with van der Waals surface area (Å²) >= 11 is 0. The molecule has 0 aliphatic heterocycles. The van der Waals surface area contributed by atoms with Gasteiger partial charge < -0.3 is 9.15 Å². The van der Waals surface area contributed by atoms with Crippen molar-refractivity contribution in [2.24, 2.45) is 0 Å². The number of oxazole rings is 1. The maximum Gasteiger partial charge on any atom is 0.416 e. The van der Waals surface area contributed by atoms with Gasteiger partial charge in [0, 0.05) is 5.56 Å². The standard InChI is InChI=1S/C19H13F6NO2/c1-11-16(10-27-15-5-3-2-4-6-15)26-17(28-11)12-7-13(18(20,21)22)9-14(8-12)19(23,24)25/h2-9H,10H2,1H3. The van der Waals surface area contributed by atoms with Crippen molar-refractivity contribution in [2.45, 2.75) is 25.9 Å². The first-order valence-electron chi connectivity index (χ1n) is 7.98. The van der Waals surface area contributed by atoms with Crippen molar-refractivity contribution in [3.63, 3.8) is 0 Å². The molecule has 0 spiro atoms. The van der Waals surface area contributed by atoms with Gasteiger partial charge in [-0.25, -0.2) is 4.98 Å². The Morgan fingerprint density at radius 1 is 0.893 bits per heavy atom. The quantitative estimate of drug-likeness (QED) is 0.484. The molecule has 0 radical (unpaired) electrons. The number of ether oxygens (including phenoxy) is 1. The zero-order valence-corrected chi connectivity index (χ0v) is 14.4. The summed E-state index contributed by atoms with van der Waals surface area (Å²) in [6.45, 7) is 1.45. The van der Waals surface area contributed by atoms with Crippen LogP contribution in [0.2, 0.25) is 0 Å². The van der Waals surface area contributed by atoms with Gasteiger partial charge in [0.25, 0.3) is 0 Å². The zero-order chi connectivity index (χ0) is 20.5. The number of rotatable bonds is 4. The second kappa shape index (κ2) is 7.21. The van der Waals surface area contributed by atoms with Crippen LogP contribution >= 0.6 is 0 Å². The van der Waals surface area contributed by atoms with Crippen LogP contribution in [0.15, 0.2) is 52.9 Å². The Labute approximate surface area is 155 Å². The second-order valence-corrected chi connectivity index (χ2v) is 5.92. The van der Waals surface area contributed by atoms with Gasteiger partial charge in [-0.15, -0.1) is 0 Å². The van der Waals surface area contributed by atoms with Gasteiger partial charge in [-0.2, -0.15) is 26.3 Å². The summed E-state index contributed by atoms with van der Waals surface area (Å²) in [5.41, 5.74) is -3.02. The molecular formula is C19H13F6NO2. The third kappa shape index (κ3) is 4.47. The fourth-order valence-corrected chi connectivity index (χ4v) is 2.43. The molecule has 9 heteroatoms. The number of benzene rings is 2. The summed E-state index contributed by atoms with van der Waals surface area (Å²) in [4.78, 5) is 4.02. The van der Waals surface area contributed by atoms with Crippen LogP contribution in [0.1, 0.15) is 22.6 Å². The van der Waals surface area contributed by atoms with E-state index in [1.54, 1.807) is 30.3 Å². The summed E-state index contributed by atoms with van der Waals surface area (Å²) < 4.78 is 88.8. The lowest BCUT2D eigenvalue weighted by atomic mass is 10.0. The number of hydrogen-bond acceptors (Lipinski definition) is 3. The van der Waals surface area contributed by atoms with E-state index in [1.165, 1.54) is 6.92 Å². The molecule has 0 bridgehead atoms. The average Bonchev–Trinajstić information content (AvgIpc) is 3.00. The van der Waals surface area contributed by atoms with Gasteiger partial charge in [0.1, 0.15) is 23.8 Å². The molecule has 2 aromatic carbocycles. The lowest BCUT2D eigenvalue weighted by molar-refractivity contribution is -0.143. The van der Waals surface area contributed by atoms with Crippen LogP contribution in [0.3, 0.4) is 0 Å². The normalized spacial score (nSPS) is 12.2. The van der Waals surface area contributed by atoms with Crippen molar-refractivity contribution in [1.29, 1.82) is 0 Å². The number of aromatic nitrogens is 1. The number of aryl methyl sites for hydroxylation is 1. The van der Waals surface area contributed by atoms with E-state index in [2.05, 4.69) is 4.98 Å². The highest BCUT2D eigenvalue weighted by Crippen LogP contribution is 2.38. The fourth-order valence-electron chi connectivity index (χ4n) is 2.43. The largest absolute Gasteiger partial charge is 0.487 e. The van der Waals surface area contributed by atoms with Crippen LogP contribution in [0.25, 0.3) is 11.5 Å². The average molecular weight is 401 g/mol.